The summed E-state index contributed by atoms with van der Waals surface area (Å²) in [6.07, 6.45) is 0.330. The van der Waals surface area contributed by atoms with Crippen LogP contribution in [-0.4, -0.2) is 25.7 Å². The third-order valence-corrected chi connectivity index (χ3v) is 4.89. The summed E-state index contributed by atoms with van der Waals surface area (Å²) in [5.74, 6) is 0.848. The number of nitrogens with zero attached hydrogens (tertiary/aromatic N) is 4. The molecule has 0 bridgehead atoms. The van der Waals surface area contributed by atoms with Gasteiger partial charge in [0.2, 0.25) is 5.91 Å². The van der Waals surface area contributed by atoms with Gasteiger partial charge in [0, 0.05) is 34.3 Å². The Bertz CT molecular complexity index is 1010. The predicted molar refractivity (Wildman–Crippen MR) is 99.9 cm³/mol. The molecule has 1 amide bonds. The number of carbonyl (C=O) groups excluding carboxylic acids is 1. The molecule has 3 aromatic rings. The highest BCUT2D eigenvalue weighted by Crippen LogP contribution is 2.41. The van der Waals surface area contributed by atoms with E-state index >= 15 is 0 Å². The van der Waals surface area contributed by atoms with E-state index in [2.05, 4.69) is 20.4 Å². The van der Waals surface area contributed by atoms with E-state index < -0.39 is 0 Å². The van der Waals surface area contributed by atoms with E-state index in [1.165, 1.54) is 0 Å². The minimum Gasteiger partial charge on any atom is -0.310 e. The van der Waals surface area contributed by atoms with Crippen LogP contribution >= 0.6 is 11.6 Å². The summed E-state index contributed by atoms with van der Waals surface area (Å²) in [5.41, 5.74) is 4.40. The van der Waals surface area contributed by atoms with E-state index in [0.29, 0.717) is 23.2 Å². The smallest absolute Gasteiger partial charge is 0.252 e. The number of carbonyl (C=O) groups is 1. The van der Waals surface area contributed by atoms with E-state index in [4.69, 9.17) is 11.6 Å². The van der Waals surface area contributed by atoms with Crippen LogP contribution in [0.1, 0.15) is 40.5 Å². The number of hydrogen-bond acceptors (Lipinski definition) is 4. The van der Waals surface area contributed by atoms with E-state index in [1.54, 1.807) is 4.68 Å². The lowest BCUT2D eigenvalue weighted by molar-refractivity contribution is -0.116. The first-order chi connectivity index (χ1) is 12.4. The van der Waals surface area contributed by atoms with Gasteiger partial charge >= 0.3 is 0 Å². The standard InChI is InChI=1S/C19H18ClN5O/c1-10-8-11(2)22-19(21-10)25-18-17(12(3)24-25)14(9-16(26)23-18)13-6-4-5-7-15(13)20/h4-8,14H,9H2,1-3H3,(H,23,26)/t14-/m0/s1. The second kappa shape index (κ2) is 6.21. The molecule has 132 valence electrons. The van der Waals surface area contributed by atoms with Gasteiger partial charge in [-0.15, -0.1) is 0 Å². The second-order valence-corrected chi connectivity index (χ2v) is 6.94. The largest absolute Gasteiger partial charge is 0.310 e. The second-order valence-electron chi connectivity index (χ2n) is 6.54. The molecule has 0 aliphatic carbocycles. The lowest BCUT2D eigenvalue weighted by Gasteiger charge is -2.24. The molecule has 0 saturated heterocycles. The number of nitrogens with one attached hydrogen (secondary N) is 1. The minimum atomic E-state index is -0.146. The Balaban J connectivity index is 1.92. The molecule has 7 heteroatoms. The average molecular weight is 368 g/mol. The van der Waals surface area contributed by atoms with Crippen molar-refractivity contribution in [3.05, 3.63) is 63.6 Å². The first-order valence-electron chi connectivity index (χ1n) is 8.40. The third-order valence-electron chi connectivity index (χ3n) is 4.54. The molecule has 1 atom stereocenters. The van der Waals surface area contributed by atoms with Crippen molar-refractivity contribution in [2.45, 2.75) is 33.1 Å². The molecule has 6 nitrogen and oxygen atoms in total. The summed E-state index contributed by atoms with van der Waals surface area (Å²) < 4.78 is 1.62. The molecule has 1 aromatic carbocycles. The zero-order valence-electron chi connectivity index (χ0n) is 14.7. The van der Waals surface area contributed by atoms with Gasteiger partial charge in [0.05, 0.1) is 5.69 Å². The maximum absolute atomic E-state index is 12.4. The quantitative estimate of drug-likeness (QED) is 0.749. The molecule has 4 rings (SSSR count). The molecule has 0 fully saturated rings. The number of benzene rings is 1. The summed E-state index contributed by atoms with van der Waals surface area (Å²) in [4.78, 5) is 21.4. The van der Waals surface area contributed by atoms with Crippen LogP contribution < -0.4 is 5.32 Å². The van der Waals surface area contributed by atoms with Crippen molar-refractivity contribution in [2.75, 3.05) is 5.32 Å². The number of rotatable bonds is 2. The minimum absolute atomic E-state index is 0.0760. The third kappa shape index (κ3) is 2.76. The number of halogens is 1. The van der Waals surface area contributed by atoms with Crippen molar-refractivity contribution in [2.24, 2.45) is 0 Å². The van der Waals surface area contributed by atoms with Crippen molar-refractivity contribution in [1.82, 2.24) is 19.7 Å². The van der Waals surface area contributed by atoms with Gasteiger partial charge in [-0.1, -0.05) is 29.8 Å². The molecule has 2 aromatic heterocycles. The van der Waals surface area contributed by atoms with Crippen LogP contribution in [0.4, 0.5) is 5.82 Å². The SMILES string of the molecule is Cc1cc(C)nc(-n2nc(C)c3c2NC(=O)C[C@H]3c2ccccc2Cl)n1. The summed E-state index contributed by atoms with van der Waals surface area (Å²) >= 11 is 6.41. The zero-order valence-corrected chi connectivity index (χ0v) is 15.5. The van der Waals surface area contributed by atoms with Gasteiger partial charge in [0.25, 0.3) is 5.95 Å². The molecule has 0 unspecified atom stereocenters. The molecule has 1 N–H and O–H groups in total. The molecule has 1 aliphatic rings. The number of hydrogen-bond donors (Lipinski definition) is 1. The van der Waals surface area contributed by atoms with Gasteiger partial charge in [0.1, 0.15) is 5.82 Å². The number of aryl methyl sites for hydroxylation is 3. The summed E-state index contributed by atoms with van der Waals surface area (Å²) in [7, 11) is 0. The van der Waals surface area contributed by atoms with Crippen molar-refractivity contribution in [3.8, 4) is 5.95 Å². The molecule has 0 radical (unpaired) electrons. The van der Waals surface area contributed by atoms with E-state index in [0.717, 1.165) is 28.2 Å². The van der Waals surface area contributed by atoms with Crippen LogP contribution in [0.15, 0.2) is 30.3 Å². The van der Waals surface area contributed by atoms with Crippen molar-refractivity contribution in [1.29, 1.82) is 0 Å². The maximum Gasteiger partial charge on any atom is 0.252 e. The van der Waals surface area contributed by atoms with Crippen LogP contribution in [0.5, 0.6) is 0 Å². The Morgan fingerprint density at radius 2 is 1.85 bits per heavy atom. The molecule has 0 spiro atoms. The van der Waals surface area contributed by atoms with E-state index in [1.807, 2.05) is 51.1 Å². The molecular formula is C19H18ClN5O. The topological polar surface area (TPSA) is 72.7 Å². The molecule has 26 heavy (non-hydrogen) atoms. The van der Waals surface area contributed by atoms with Crippen molar-refractivity contribution in [3.63, 3.8) is 0 Å². The Morgan fingerprint density at radius 1 is 1.15 bits per heavy atom. The first kappa shape index (κ1) is 16.7. The molecular weight excluding hydrogens is 350 g/mol. The Labute approximate surface area is 156 Å². The van der Waals surface area contributed by atoms with Crippen LogP contribution in [0.2, 0.25) is 5.02 Å². The van der Waals surface area contributed by atoms with Crippen LogP contribution in [0.3, 0.4) is 0 Å². The number of anilines is 1. The lowest BCUT2D eigenvalue weighted by Crippen LogP contribution is -2.25. The van der Waals surface area contributed by atoms with Gasteiger partial charge in [-0.2, -0.15) is 9.78 Å². The Morgan fingerprint density at radius 3 is 2.54 bits per heavy atom. The number of aromatic nitrogens is 4. The molecule has 1 aliphatic heterocycles. The average Bonchev–Trinajstić information content (AvgIpc) is 2.90. The lowest BCUT2D eigenvalue weighted by atomic mass is 9.86. The van der Waals surface area contributed by atoms with Crippen LogP contribution in [-0.2, 0) is 4.79 Å². The first-order valence-corrected chi connectivity index (χ1v) is 8.78. The van der Waals surface area contributed by atoms with E-state index in [9.17, 15) is 4.79 Å². The molecule has 0 saturated carbocycles. The van der Waals surface area contributed by atoms with Crippen molar-refractivity contribution >= 4 is 23.3 Å². The highest BCUT2D eigenvalue weighted by atomic mass is 35.5. The van der Waals surface area contributed by atoms with Crippen molar-refractivity contribution < 1.29 is 4.79 Å². The zero-order chi connectivity index (χ0) is 18.4. The van der Waals surface area contributed by atoms with Crippen LogP contribution in [0.25, 0.3) is 5.95 Å². The van der Waals surface area contributed by atoms with Gasteiger partial charge in [0.15, 0.2) is 0 Å². The number of amides is 1. The summed E-state index contributed by atoms with van der Waals surface area (Å²) in [6, 6.07) is 9.52. The maximum atomic E-state index is 12.4. The summed E-state index contributed by atoms with van der Waals surface area (Å²) in [6.45, 7) is 5.75. The normalized spacial score (nSPS) is 16.3. The fourth-order valence-electron chi connectivity index (χ4n) is 3.52. The van der Waals surface area contributed by atoms with Crippen LogP contribution in [0, 0.1) is 20.8 Å². The molecule has 3 heterocycles. The Kier molecular flexibility index (Phi) is 4.00. The van der Waals surface area contributed by atoms with Gasteiger partial charge in [-0.3, -0.25) is 4.79 Å². The summed E-state index contributed by atoms with van der Waals surface area (Å²) in [5, 5.41) is 8.21. The monoisotopic (exact) mass is 367 g/mol. The fourth-order valence-corrected chi connectivity index (χ4v) is 3.78. The number of fused-ring (bicyclic) bond motifs is 1. The van der Waals surface area contributed by atoms with Gasteiger partial charge < -0.3 is 5.32 Å². The van der Waals surface area contributed by atoms with Gasteiger partial charge in [-0.25, -0.2) is 9.97 Å². The fraction of sp³-hybridized carbons (Fsp3) is 0.263. The van der Waals surface area contributed by atoms with Gasteiger partial charge in [-0.05, 0) is 38.5 Å². The predicted octanol–water partition coefficient (Wildman–Crippen LogP) is 3.72. The highest BCUT2D eigenvalue weighted by molar-refractivity contribution is 6.31. The van der Waals surface area contributed by atoms with E-state index in [-0.39, 0.29) is 11.8 Å². The Hall–Kier alpha value is -2.73. The highest BCUT2D eigenvalue weighted by Gasteiger charge is 2.34.